The molecule has 2 saturated heterocycles. The van der Waals surface area contributed by atoms with Gasteiger partial charge in [0.15, 0.2) is 33.0 Å². The minimum atomic E-state index is -2.70. The van der Waals surface area contributed by atoms with Gasteiger partial charge in [0, 0.05) is 5.92 Å². The maximum atomic E-state index is 15.0. The minimum Gasteiger partial charge on any atom is -0.508 e. The number of halogens is 7. The number of phenols is 1. The van der Waals surface area contributed by atoms with Crippen LogP contribution in [0.3, 0.4) is 0 Å². The number of hydrogen-bond donors (Lipinski definition) is 2. The van der Waals surface area contributed by atoms with Crippen molar-refractivity contribution in [3.8, 4) is 5.75 Å². The number of phenolic OH excluding ortho intramolecular Hbond substituents is 1. The molecular weight excluding hydrogens is 640 g/mol. The van der Waals surface area contributed by atoms with Gasteiger partial charge < -0.3 is 10.8 Å². The van der Waals surface area contributed by atoms with E-state index in [2.05, 4.69) is 0 Å². The van der Waals surface area contributed by atoms with Crippen molar-refractivity contribution in [3.63, 3.8) is 0 Å². The lowest BCUT2D eigenvalue weighted by atomic mass is 9.56. The SMILES string of the molecule is Cc1cc([C@H]2C3=CC[C@@H]4C(=O)N(C(N)=O)C(=O)[C@@H]4[C@@H]3C[C@@]3(Cl)C(=O)N(c4c(F)c(F)c(F)c(F)c4F)C(=O)[C@@]23Cl)ccc1O. The fourth-order valence-corrected chi connectivity index (χ4v) is 7.95. The molecule has 4 aliphatic rings. The summed E-state index contributed by atoms with van der Waals surface area (Å²) in [4.78, 5) is 61.0. The maximum absolute atomic E-state index is 15.0. The van der Waals surface area contributed by atoms with Crippen molar-refractivity contribution in [1.29, 1.82) is 0 Å². The summed E-state index contributed by atoms with van der Waals surface area (Å²) in [7, 11) is 0. The number of alkyl halides is 2. The number of anilines is 1. The molecule has 0 aromatic heterocycles. The molecule has 2 heterocycles. The number of benzene rings is 2. The van der Waals surface area contributed by atoms with E-state index in [4.69, 9.17) is 28.9 Å². The average molecular weight is 658 g/mol. The number of urea groups is 1. The predicted molar refractivity (Wildman–Crippen MR) is 141 cm³/mol. The fourth-order valence-electron chi connectivity index (χ4n) is 7.02. The Morgan fingerprint density at radius 2 is 1.52 bits per heavy atom. The molecule has 0 bridgehead atoms. The van der Waals surface area contributed by atoms with Crippen LogP contribution in [0.1, 0.15) is 29.9 Å². The molecule has 3 fully saturated rings. The van der Waals surface area contributed by atoms with Crippen LogP contribution < -0.4 is 10.6 Å². The van der Waals surface area contributed by atoms with Crippen molar-refractivity contribution in [2.45, 2.75) is 35.4 Å². The number of primary amides is 1. The topological polar surface area (TPSA) is 138 Å². The van der Waals surface area contributed by atoms with Gasteiger partial charge in [-0.25, -0.2) is 31.6 Å². The smallest absolute Gasteiger partial charge is 0.328 e. The summed E-state index contributed by atoms with van der Waals surface area (Å²) in [5.74, 6) is -22.9. The van der Waals surface area contributed by atoms with E-state index in [0.29, 0.717) is 0 Å². The van der Waals surface area contributed by atoms with Crippen molar-refractivity contribution in [2.24, 2.45) is 23.5 Å². The van der Waals surface area contributed by atoms with Gasteiger partial charge in [0.1, 0.15) is 11.4 Å². The zero-order valence-electron chi connectivity index (χ0n) is 22.1. The van der Waals surface area contributed by atoms with E-state index in [1.54, 1.807) is 0 Å². The number of carbonyl (C=O) groups is 5. The first-order chi connectivity index (χ1) is 20.5. The van der Waals surface area contributed by atoms with Gasteiger partial charge in [-0.15, -0.1) is 23.2 Å². The van der Waals surface area contributed by atoms with Gasteiger partial charge in [0.2, 0.25) is 17.6 Å². The molecule has 9 nitrogen and oxygen atoms in total. The van der Waals surface area contributed by atoms with E-state index < -0.39 is 104 Å². The molecule has 230 valence electrons. The number of aromatic hydroxyl groups is 1. The van der Waals surface area contributed by atoms with Gasteiger partial charge in [-0.1, -0.05) is 23.8 Å². The highest BCUT2D eigenvalue weighted by Gasteiger charge is 2.77. The number of imide groups is 4. The third-order valence-electron chi connectivity index (χ3n) is 9.00. The predicted octanol–water partition coefficient (Wildman–Crippen LogP) is 4.04. The van der Waals surface area contributed by atoms with Crippen LogP contribution in [0.2, 0.25) is 0 Å². The second-order valence-electron chi connectivity index (χ2n) is 11.1. The average Bonchev–Trinajstić information content (AvgIpc) is 3.31. The molecule has 16 heteroatoms. The quantitative estimate of drug-likeness (QED) is 0.125. The number of rotatable bonds is 2. The lowest BCUT2D eigenvalue weighted by Crippen LogP contribution is -2.60. The number of nitrogens with zero attached hydrogens (tertiary/aromatic N) is 2. The molecule has 1 saturated carbocycles. The lowest BCUT2D eigenvalue weighted by molar-refractivity contribution is -0.136. The van der Waals surface area contributed by atoms with Gasteiger partial charge in [-0.2, -0.15) is 4.90 Å². The first kappa shape index (κ1) is 30.0. The lowest BCUT2D eigenvalue weighted by Gasteiger charge is -2.50. The molecule has 2 aliphatic heterocycles. The maximum Gasteiger partial charge on any atom is 0.328 e. The number of nitrogens with two attached hydrogens (primary N) is 1. The summed E-state index contributed by atoms with van der Waals surface area (Å²) in [5.41, 5.74) is 3.93. The molecule has 0 radical (unpaired) electrons. The highest BCUT2D eigenvalue weighted by Crippen LogP contribution is 2.66. The second-order valence-corrected chi connectivity index (χ2v) is 12.3. The van der Waals surface area contributed by atoms with Crippen molar-refractivity contribution in [2.75, 3.05) is 4.90 Å². The Kier molecular flexibility index (Phi) is 6.46. The first-order valence-corrected chi connectivity index (χ1v) is 13.7. The van der Waals surface area contributed by atoms with Crippen LogP contribution in [-0.2, 0) is 19.2 Å². The van der Waals surface area contributed by atoms with Crippen LogP contribution >= 0.6 is 23.2 Å². The highest BCUT2D eigenvalue weighted by molar-refractivity contribution is 6.58. The van der Waals surface area contributed by atoms with Gasteiger partial charge in [0.25, 0.3) is 11.8 Å². The number of aryl methyl sites for hydroxylation is 1. The standard InChI is InChI=1S/C28H18Cl2F5N3O6/c1-8-6-9(2-5-13(8)39)15-10-3-4-11-14(23(41)38(22(11)40)26(36)44)12(10)7-27(29)24(42)37(25(43)28(15,27)30)21-19(34)17(32)16(31)18(33)20(21)35/h2-3,5-6,11-12,14-15,39H,4,7H2,1H3,(H2,36,44)/t11-,12+,14-,15-,27+,28-/m0/s1. The monoisotopic (exact) mass is 657 g/mol. The Bertz CT molecular complexity index is 1780. The largest absolute Gasteiger partial charge is 0.508 e. The molecule has 0 unspecified atom stereocenters. The van der Waals surface area contributed by atoms with Crippen LogP contribution in [0.25, 0.3) is 0 Å². The normalized spacial score (nSPS) is 31.2. The van der Waals surface area contributed by atoms with Crippen molar-refractivity contribution in [1.82, 2.24) is 4.90 Å². The number of allylic oxidation sites excluding steroid dienone is 2. The van der Waals surface area contributed by atoms with Crippen LogP contribution in [0.5, 0.6) is 5.75 Å². The number of hydrogen-bond acceptors (Lipinski definition) is 6. The summed E-state index contributed by atoms with van der Waals surface area (Å²) < 4.78 is 72.4. The van der Waals surface area contributed by atoms with E-state index in [1.807, 2.05) is 0 Å². The summed E-state index contributed by atoms with van der Waals surface area (Å²) >= 11 is 13.9. The highest BCUT2D eigenvalue weighted by atomic mass is 35.5. The van der Waals surface area contributed by atoms with Gasteiger partial charge in [0.05, 0.1) is 11.8 Å². The Balaban J connectivity index is 1.61. The Hall–Kier alpha value is -4.04. The molecule has 6 amide bonds. The molecule has 6 atom stereocenters. The third kappa shape index (κ3) is 3.49. The van der Waals surface area contributed by atoms with E-state index in [-0.39, 0.29) is 38.7 Å². The number of fused-ring (bicyclic) bond motifs is 4. The molecule has 6 rings (SSSR count). The number of likely N-dealkylation sites (tertiary alicyclic amines) is 1. The molecule has 0 spiro atoms. The summed E-state index contributed by atoms with van der Waals surface area (Å²) in [5, 5.41) is 10.1. The Morgan fingerprint density at radius 1 is 0.932 bits per heavy atom. The van der Waals surface area contributed by atoms with Crippen LogP contribution in [-0.4, -0.2) is 49.4 Å². The zero-order valence-corrected chi connectivity index (χ0v) is 23.7. The van der Waals surface area contributed by atoms with Crippen molar-refractivity contribution in [3.05, 3.63) is 70.1 Å². The fraction of sp³-hybridized carbons (Fsp3) is 0.321. The molecule has 2 aliphatic carbocycles. The Labute approximate surface area is 254 Å². The zero-order chi connectivity index (χ0) is 32.4. The van der Waals surface area contributed by atoms with Crippen LogP contribution in [0, 0.1) is 53.8 Å². The molecule has 44 heavy (non-hydrogen) atoms. The summed E-state index contributed by atoms with van der Waals surface area (Å²) in [6.45, 7) is 1.48. The van der Waals surface area contributed by atoms with Gasteiger partial charge in [-0.05, 0) is 42.9 Å². The van der Waals surface area contributed by atoms with Gasteiger partial charge >= 0.3 is 6.03 Å². The minimum absolute atomic E-state index is 0.124. The summed E-state index contributed by atoms with van der Waals surface area (Å²) in [6, 6.07) is 2.54. The number of amides is 6. The summed E-state index contributed by atoms with van der Waals surface area (Å²) in [6.07, 6.45) is 0.596. The van der Waals surface area contributed by atoms with E-state index in [0.717, 1.165) is 0 Å². The second kappa shape index (κ2) is 9.48. The van der Waals surface area contributed by atoms with Crippen LogP contribution in [0.15, 0.2) is 29.8 Å². The third-order valence-corrected chi connectivity index (χ3v) is 10.4. The number of carbonyl (C=O) groups excluding carboxylic acids is 5. The molecule has 2 aromatic rings. The van der Waals surface area contributed by atoms with Crippen molar-refractivity contribution >= 4 is 58.5 Å². The van der Waals surface area contributed by atoms with E-state index >= 15 is 8.78 Å². The van der Waals surface area contributed by atoms with Crippen molar-refractivity contribution < 1.29 is 51.0 Å². The molecule has 3 N–H and O–H groups in total. The van der Waals surface area contributed by atoms with E-state index in [9.17, 15) is 42.3 Å². The van der Waals surface area contributed by atoms with Gasteiger partial charge in [-0.3, -0.25) is 19.2 Å². The van der Waals surface area contributed by atoms with Crippen LogP contribution in [0.4, 0.5) is 32.4 Å². The van der Waals surface area contributed by atoms with E-state index in [1.165, 1.54) is 31.2 Å². The first-order valence-electron chi connectivity index (χ1n) is 13.0. The molecular formula is C28H18Cl2F5N3O6. The molecule has 2 aromatic carbocycles. The Morgan fingerprint density at radius 3 is 2.09 bits per heavy atom.